The Hall–Kier alpha value is -1.43. The summed E-state index contributed by atoms with van der Waals surface area (Å²) in [4.78, 5) is 22.6. The number of carbonyl (C=O) groups excluding carboxylic acids is 1. The first-order valence-corrected chi connectivity index (χ1v) is 7.44. The van der Waals surface area contributed by atoms with Gasteiger partial charge in [0.15, 0.2) is 0 Å². The number of benzene rings is 1. The highest BCUT2D eigenvalue weighted by molar-refractivity contribution is 9.10. The van der Waals surface area contributed by atoms with Crippen LogP contribution in [-0.4, -0.2) is 16.9 Å². The molecule has 0 bridgehead atoms. The van der Waals surface area contributed by atoms with Crippen molar-refractivity contribution in [3.05, 3.63) is 38.3 Å². The topological polar surface area (TPSA) is 72.2 Å². The van der Waals surface area contributed by atoms with Gasteiger partial charge in [-0.25, -0.2) is 0 Å². The Balaban J connectivity index is 2.14. The second kappa shape index (κ2) is 5.91. The molecule has 1 aliphatic rings. The highest BCUT2D eigenvalue weighted by Crippen LogP contribution is 2.31. The standard InChI is InChI=1S/C14H17BrN2O3/c1-8-3-6-12(9(8)2)16-14(18)10-4-5-11(15)13(7-10)17(19)20/h4-5,7-9,12H,3,6H2,1-2H3,(H,16,18). The first-order valence-electron chi connectivity index (χ1n) is 6.65. The molecule has 0 aliphatic heterocycles. The van der Waals surface area contributed by atoms with E-state index in [4.69, 9.17) is 0 Å². The van der Waals surface area contributed by atoms with Crippen molar-refractivity contribution in [3.63, 3.8) is 0 Å². The van der Waals surface area contributed by atoms with Crippen LogP contribution < -0.4 is 5.32 Å². The smallest absolute Gasteiger partial charge is 0.284 e. The van der Waals surface area contributed by atoms with Crippen molar-refractivity contribution in [1.82, 2.24) is 5.32 Å². The van der Waals surface area contributed by atoms with Gasteiger partial charge in [0, 0.05) is 17.7 Å². The number of nitro groups is 1. The maximum absolute atomic E-state index is 12.2. The summed E-state index contributed by atoms with van der Waals surface area (Å²) < 4.78 is 0.377. The van der Waals surface area contributed by atoms with Crippen LogP contribution in [0.2, 0.25) is 0 Å². The van der Waals surface area contributed by atoms with Crippen LogP contribution in [0.15, 0.2) is 22.7 Å². The lowest BCUT2D eigenvalue weighted by Gasteiger charge is -2.19. The quantitative estimate of drug-likeness (QED) is 0.675. The van der Waals surface area contributed by atoms with Gasteiger partial charge in [0.25, 0.3) is 11.6 Å². The van der Waals surface area contributed by atoms with Gasteiger partial charge in [-0.2, -0.15) is 0 Å². The van der Waals surface area contributed by atoms with E-state index in [9.17, 15) is 14.9 Å². The first-order chi connectivity index (χ1) is 9.40. The summed E-state index contributed by atoms with van der Waals surface area (Å²) in [6, 6.07) is 4.59. The van der Waals surface area contributed by atoms with Crippen LogP contribution >= 0.6 is 15.9 Å². The maximum Gasteiger partial charge on any atom is 0.284 e. The number of carbonyl (C=O) groups is 1. The summed E-state index contributed by atoms with van der Waals surface area (Å²) >= 11 is 3.11. The van der Waals surface area contributed by atoms with Crippen LogP contribution in [0.4, 0.5) is 5.69 Å². The van der Waals surface area contributed by atoms with E-state index >= 15 is 0 Å². The van der Waals surface area contributed by atoms with Crippen LogP contribution in [0.25, 0.3) is 0 Å². The van der Waals surface area contributed by atoms with Gasteiger partial charge in [-0.1, -0.05) is 13.8 Å². The van der Waals surface area contributed by atoms with Gasteiger partial charge in [0.05, 0.1) is 9.40 Å². The zero-order valence-electron chi connectivity index (χ0n) is 11.4. The molecule has 0 radical (unpaired) electrons. The third-order valence-corrected chi connectivity index (χ3v) is 4.86. The molecule has 0 spiro atoms. The van der Waals surface area contributed by atoms with E-state index in [1.165, 1.54) is 12.1 Å². The number of rotatable bonds is 3. The molecule has 3 atom stereocenters. The minimum atomic E-state index is -0.499. The summed E-state index contributed by atoms with van der Waals surface area (Å²) in [5.41, 5.74) is 0.233. The average molecular weight is 341 g/mol. The molecule has 3 unspecified atom stereocenters. The molecule has 1 aliphatic carbocycles. The number of halogens is 1. The summed E-state index contributed by atoms with van der Waals surface area (Å²) in [5, 5.41) is 13.9. The number of nitro benzene ring substituents is 1. The molecular formula is C14H17BrN2O3. The van der Waals surface area contributed by atoms with E-state index in [2.05, 4.69) is 35.1 Å². The van der Waals surface area contributed by atoms with Crippen LogP contribution in [-0.2, 0) is 0 Å². The molecule has 6 heteroatoms. The van der Waals surface area contributed by atoms with Crippen molar-refractivity contribution in [1.29, 1.82) is 0 Å². The van der Waals surface area contributed by atoms with Gasteiger partial charge >= 0.3 is 0 Å². The zero-order chi connectivity index (χ0) is 14.9. The Morgan fingerprint density at radius 2 is 2.10 bits per heavy atom. The summed E-state index contributed by atoms with van der Waals surface area (Å²) in [6.07, 6.45) is 2.07. The lowest BCUT2D eigenvalue weighted by Crippen LogP contribution is -2.37. The fourth-order valence-electron chi connectivity index (χ4n) is 2.61. The van der Waals surface area contributed by atoms with Crippen LogP contribution in [0.1, 0.15) is 37.0 Å². The number of nitrogens with one attached hydrogen (secondary N) is 1. The number of hydrogen-bond donors (Lipinski definition) is 1. The Kier molecular flexibility index (Phi) is 4.42. The van der Waals surface area contributed by atoms with E-state index in [-0.39, 0.29) is 17.6 Å². The minimum Gasteiger partial charge on any atom is -0.349 e. The predicted octanol–water partition coefficient (Wildman–Crippen LogP) is 3.52. The SMILES string of the molecule is CC1CCC(NC(=O)c2ccc(Br)c([N+](=O)[O-])c2)C1C. The Morgan fingerprint density at radius 3 is 2.65 bits per heavy atom. The normalized spacial score (nSPS) is 25.4. The van der Waals surface area contributed by atoms with E-state index in [0.29, 0.717) is 21.9 Å². The van der Waals surface area contributed by atoms with Crippen LogP contribution in [0, 0.1) is 22.0 Å². The highest BCUT2D eigenvalue weighted by Gasteiger charge is 2.31. The molecule has 108 valence electrons. The molecule has 1 N–H and O–H groups in total. The van der Waals surface area contributed by atoms with Crippen molar-refractivity contribution in [2.24, 2.45) is 11.8 Å². The average Bonchev–Trinajstić information content (AvgIpc) is 2.71. The van der Waals surface area contributed by atoms with E-state index in [0.717, 1.165) is 12.8 Å². The van der Waals surface area contributed by atoms with E-state index < -0.39 is 4.92 Å². The van der Waals surface area contributed by atoms with Crippen molar-refractivity contribution in [2.75, 3.05) is 0 Å². The lowest BCUT2D eigenvalue weighted by atomic mass is 9.97. The summed E-state index contributed by atoms with van der Waals surface area (Å²) in [7, 11) is 0. The van der Waals surface area contributed by atoms with Gasteiger partial charge in [0.1, 0.15) is 0 Å². The summed E-state index contributed by atoms with van der Waals surface area (Å²) in [5.74, 6) is 0.787. The second-order valence-corrected chi connectivity index (χ2v) is 6.27. The Labute approximate surface area is 126 Å². The van der Waals surface area contributed by atoms with Crippen LogP contribution in [0.3, 0.4) is 0 Å². The molecule has 1 fully saturated rings. The van der Waals surface area contributed by atoms with Gasteiger partial charge in [-0.3, -0.25) is 14.9 Å². The molecule has 1 saturated carbocycles. The Bertz CT molecular complexity index is 547. The first kappa shape index (κ1) is 15.0. The van der Waals surface area contributed by atoms with Gasteiger partial charge in [0.2, 0.25) is 0 Å². The van der Waals surface area contributed by atoms with Gasteiger partial charge in [-0.15, -0.1) is 0 Å². The minimum absolute atomic E-state index is 0.0921. The van der Waals surface area contributed by atoms with E-state index in [1.54, 1.807) is 6.07 Å². The molecule has 2 rings (SSSR count). The molecule has 0 saturated heterocycles. The van der Waals surface area contributed by atoms with Crippen molar-refractivity contribution < 1.29 is 9.72 Å². The molecule has 1 amide bonds. The highest BCUT2D eigenvalue weighted by atomic mass is 79.9. The zero-order valence-corrected chi connectivity index (χ0v) is 13.0. The van der Waals surface area contributed by atoms with Crippen molar-refractivity contribution in [2.45, 2.75) is 32.7 Å². The van der Waals surface area contributed by atoms with Crippen molar-refractivity contribution in [3.8, 4) is 0 Å². The third kappa shape index (κ3) is 3.00. The molecule has 5 nitrogen and oxygen atoms in total. The number of nitrogens with zero attached hydrogens (tertiary/aromatic N) is 1. The lowest BCUT2D eigenvalue weighted by molar-refractivity contribution is -0.385. The molecule has 1 aromatic rings. The fraction of sp³-hybridized carbons (Fsp3) is 0.500. The second-order valence-electron chi connectivity index (χ2n) is 5.42. The number of hydrogen-bond acceptors (Lipinski definition) is 3. The largest absolute Gasteiger partial charge is 0.349 e. The van der Waals surface area contributed by atoms with Gasteiger partial charge in [-0.05, 0) is 52.7 Å². The predicted molar refractivity (Wildman–Crippen MR) is 79.6 cm³/mol. The molecule has 0 aromatic heterocycles. The fourth-order valence-corrected chi connectivity index (χ4v) is 3.01. The van der Waals surface area contributed by atoms with Crippen molar-refractivity contribution >= 4 is 27.5 Å². The van der Waals surface area contributed by atoms with E-state index in [1.807, 2.05) is 0 Å². The number of amides is 1. The van der Waals surface area contributed by atoms with Gasteiger partial charge < -0.3 is 5.32 Å². The Morgan fingerprint density at radius 1 is 1.40 bits per heavy atom. The monoisotopic (exact) mass is 340 g/mol. The molecule has 20 heavy (non-hydrogen) atoms. The molecule has 0 heterocycles. The third-order valence-electron chi connectivity index (χ3n) is 4.19. The molecule has 1 aromatic carbocycles. The maximum atomic E-state index is 12.2. The summed E-state index contributed by atoms with van der Waals surface area (Å²) in [6.45, 7) is 4.31. The van der Waals surface area contributed by atoms with Crippen LogP contribution in [0.5, 0.6) is 0 Å². The molecular weight excluding hydrogens is 324 g/mol.